The molecule has 0 saturated heterocycles. The summed E-state index contributed by atoms with van der Waals surface area (Å²) in [5, 5.41) is 0.679. The first kappa shape index (κ1) is 19.1. The highest BCUT2D eigenvalue weighted by atomic mass is 35.5. The van der Waals surface area contributed by atoms with Crippen molar-refractivity contribution in [2.75, 3.05) is 20.5 Å². The van der Waals surface area contributed by atoms with E-state index in [4.69, 9.17) is 42.1 Å². The summed E-state index contributed by atoms with van der Waals surface area (Å²) >= 11 is 12.1. The molecule has 0 atom stereocenters. The lowest BCUT2D eigenvalue weighted by molar-refractivity contribution is -0.136. The van der Waals surface area contributed by atoms with Crippen molar-refractivity contribution in [3.05, 3.63) is 57.6 Å². The molecule has 0 N–H and O–H groups in total. The Bertz CT molecular complexity index is 923. The maximum Gasteiger partial charge on any atom is 0.331 e. The third kappa shape index (κ3) is 4.53. The van der Waals surface area contributed by atoms with Crippen molar-refractivity contribution in [1.29, 1.82) is 0 Å². The highest BCUT2D eigenvalue weighted by Gasteiger charge is 2.17. The number of benzene rings is 2. The van der Waals surface area contributed by atoms with E-state index in [9.17, 15) is 9.59 Å². The fraction of sp³-hybridized carbons (Fsp3) is 0.158. The fourth-order valence-corrected chi connectivity index (χ4v) is 2.89. The molecule has 0 bridgehead atoms. The van der Waals surface area contributed by atoms with Gasteiger partial charge in [0, 0.05) is 11.6 Å². The number of fused-ring (bicyclic) bond motifs is 1. The molecular weight excluding hydrogens is 395 g/mol. The van der Waals surface area contributed by atoms with E-state index in [2.05, 4.69) is 0 Å². The predicted octanol–water partition coefficient (Wildman–Crippen LogP) is 4.17. The molecular formula is C19H14Cl2O6. The Morgan fingerprint density at radius 2 is 1.96 bits per heavy atom. The van der Waals surface area contributed by atoms with E-state index in [1.165, 1.54) is 25.3 Å². The summed E-state index contributed by atoms with van der Waals surface area (Å²) in [4.78, 5) is 23.9. The quantitative estimate of drug-likeness (QED) is 0.405. The number of ketones is 1. The molecule has 1 heterocycles. The van der Waals surface area contributed by atoms with Gasteiger partial charge >= 0.3 is 5.97 Å². The van der Waals surface area contributed by atoms with E-state index in [1.807, 2.05) is 0 Å². The number of hydrogen-bond donors (Lipinski definition) is 0. The summed E-state index contributed by atoms with van der Waals surface area (Å²) in [6, 6.07) is 7.89. The minimum atomic E-state index is -0.670. The second-order valence-corrected chi connectivity index (χ2v) is 6.26. The SMILES string of the molecule is COc1ccc(C(=O)COC(=O)/C=C/c2cc(Cl)c3c(c2)OCO3)cc1Cl. The van der Waals surface area contributed by atoms with Crippen LogP contribution >= 0.6 is 23.2 Å². The first-order chi connectivity index (χ1) is 13.0. The number of Topliss-reactive ketones (excluding diaryl/α,β-unsaturated/α-hetero) is 1. The summed E-state index contributed by atoms with van der Waals surface area (Å²) < 4.78 is 20.5. The smallest absolute Gasteiger partial charge is 0.331 e. The normalized spacial score (nSPS) is 12.3. The first-order valence-corrected chi connectivity index (χ1v) is 8.54. The van der Waals surface area contributed by atoms with Gasteiger partial charge in [-0.2, -0.15) is 0 Å². The number of hydrogen-bond acceptors (Lipinski definition) is 6. The van der Waals surface area contributed by atoms with E-state index in [0.29, 0.717) is 38.4 Å². The molecule has 0 saturated carbocycles. The lowest BCUT2D eigenvalue weighted by atomic mass is 10.1. The van der Waals surface area contributed by atoms with Crippen LogP contribution in [0.15, 0.2) is 36.4 Å². The Labute approximate surface area is 165 Å². The van der Waals surface area contributed by atoms with Crippen molar-refractivity contribution in [3.63, 3.8) is 0 Å². The van der Waals surface area contributed by atoms with Crippen LogP contribution < -0.4 is 14.2 Å². The second-order valence-electron chi connectivity index (χ2n) is 5.45. The Balaban J connectivity index is 1.58. The standard InChI is InChI=1S/C19H14Cl2O6/c1-24-16-4-3-12(8-13(16)20)15(22)9-25-18(23)5-2-11-6-14(21)19-17(7-11)26-10-27-19/h2-8H,9-10H2,1H3/b5-2+. The molecule has 0 aliphatic carbocycles. The van der Waals surface area contributed by atoms with Gasteiger partial charge < -0.3 is 18.9 Å². The molecule has 2 aromatic rings. The van der Waals surface area contributed by atoms with E-state index in [-0.39, 0.29) is 12.6 Å². The molecule has 0 aromatic heterocycles. The lowest BCUT2D eigenvalue weighted by Crippen LogP contribution is -2.12. The average Bonchev–Trinajstić information content (AvgIpc) is 3.13. The monoisotopic (exact) mass is 408 g/mol. The molecule has 3 rings (SSSR count). The van der Waals surface area contributed by atoms with E-state index >= 15 is 0 Å². The van der Waals surface area contributed by atoms with Gasteiger partial charge in [-0.25, -0.2) is 4.79 Å². The number of rotatable bonds is 6. The van der Waals surface area contributed by atoms with Crippen molar-refractivity contribution in [3.8, 4) is 17.2 Å². The van der Waals surface area contributed by atoms with Gasteiger partial charge in [0.1, 0.15) is 5.75 Å². The summed E-state index contributed by atoms with van der Waals surface area (Å²) in [7, 11) is 1.48. The molecule has 8 heteroatoms. The van der Waals surface area contributed by atoms with Crippen LogP contribution in [-0.2, 0) is 9.53 Å². The minimum Gasteiger partial charge on any atom is -0.495 e. The van der Waals surface area contributed by atoms with Gasteiger partial charge in [0.2, 0.25) is 6.79 Å². The number of carbonyl (C=O) groups excluding carboxylic acids is 2. The second kappa shape index (κ2) is 8.33. The van der Waals surface area contributed by atoms with Crippen LogP contribution in [-0.4, -0.2) is 32.3 Å². The molecule has 0 radical (unpaired) electrons. The summed E-state index contributed by atoms with van der Waals surface area (Å²) in [6.07, 6.45) is 2.70. The number of methoxy groups -OCH3 is 1. The van der Waals surface area contributed by atoms with Crippen molar-refractivity contribution in [1.82, 2.24) is 0 Å². The zero-order chi connectivity index (χ0) is 19.4. The molecule has 0 amide bonds. The summed E-state index contributed by atoms with van der Waals surface area (Å²) in [5.74, 6) is 0.377. The molecule has 0 fully saturated rings. The first-order valence-electron chi connectivity index (χ1n) is 7.78. The van der Waals surface area contributed by atoms with Gasteiger partial charge in [0.15, 0.2) is 23.9 Å². The molecule has 6 nitrogen and oxygen atoms in total. The van der Waals surface area contributed by atoms with Crippen LogP contribution in [0.25, 0.3) is 6.08 Å². The Morgan fingerprint density at radius 1 is 1.15 bits per heavy atom. The molecule has 1 aliphatic rings. The van der Waals surface area contributed by atoms with Crippen LogP contribution in [0, 0.1) is 0 Å². The molecule has 0 unspecified atom stereocenters. The lowest BCUT2D eigenvalue weighted by Gasteiger charge is -2.06. The summed E-state index contributed by atoms with van der Waals surface area (Å²) in [5.41, 5.74) is 0.953. The van der Waals surface area contributed by atoms with E-state index in [1.54, 1.807) is 24.3 Å². The zero-order valence-corrected chi connectivity index (χ0v) is 15.7. The van der Waals surface area contributed by atoms with Crippen molar-refractivity contribution in [2.24, 2.45) is 0 Å². The molecule has 0 spiro atoms. The maximum absolute atomic E-state index is 12.1. The van der Waals surface area contributed by atoms with Gasteiger partial charge in [0.05, 0.1) is 17.2 Å². The van der Waals surface area contributed by atoms with Gasteiger partial charge in [-0.15, -0.1) is 0 Å². The zero-order valence-electron chi connectivity index (χ0n) is 14.2. The predicted molar refractivity (Wildman–Crippen MR) is 99.9 cm³/mol. The van der Waals surface area contributed by atoms with Gasteiger partial charge in [-0.1, -0.05) is 23.2 Å². The van der Waals surface area contributed by atoms with Crippen molar-refractivity contribution < 1.29 is 28.5 Å². The van der Waals surface area contributed by atoms with Crippen LogP contribution in [0.1, 0.15) is 15.9 Å². The Kier molecular flexibility index (Phi) is 5.88. The number of halogens is 2. The largest absolute Gasteiger partial charge is 0.495 e. The highest BCUT2D eigenvalue weighted by molar-refractivity contribution is 6.32. The number of ether oxygens (including phenoxy) is 4. The van der Waals surface area contributed by atoms with E-state index < -0.39 is 12.6 Å². The van der Waals surface area contributed by atoms with Crippen molar-refractivity contribution in [2.45, 2.75) is 0 Å². The highest BCUT2D eigenvalue weighted by Crippen LogP contribution is 2.40. The van der Waals surface area contributed by atoms with E-state index in [0.717, 1.165) is 0 Å². The van der Waals surface area contributed by atoms with Crippen LogP contribution in [0.2, 0.25) is 10.0 Å². The molecule has 1 aliphatic heterocycles. The topological polar surface area (TPSA) is 71.1 Å². The number of carbonyl (C=O) groups is 2. The third-order valence-electron chi connectivity index (χ3n) is 3.68. The number of esters is 1. The third-order valence-corrected chi connectivity index (χ3v) is 4.26. The Hall–Kier alpha value is -2.70. The fourth-order valence-electron chi connectivity index (χ4n) is 2.36. The maximum atomic E-state index is 12.1. The molecule has 140 valence electrons. The molecule has 27 heavy (non-hydrogen) atoms. The average molecular weight is 409 g/mol. The Morgan fingerprint density at radius 3 is 2.70 bits per heavy atom. The minimum absolute atomic E-state index is 0.0990. The van der Waals surface area contributed by atoms with Crippen LogP contribution in [0.5, 0.6) is 17.2 Å². The van der Waals surface area contributed by atoms with Crippen LogP contribution in [0.4, 0.5) is 0 Å². The van der Waals surface area contributed by atoms with Gasteiger partial charge in [-0.3, -0.25) is 4.79 Å². The summed E-state index contributed by atoms with van der Waals surface area (Å²) in [6.45, 7) is -0.310. The molecule has 2 aromatic carbocycles. The van der Waals surface area contributed by atoms with Gasteiger partial charge in [0.25, 0.3) is 0 Å². The van der Waals surface area contributed by atoms with Crippen molar-refractivity contribution >= 4 is 41.0 Å². The van der Waals surface area contributed by atoms with Gasteiger partial charge in [-0.05, 0) is 42.0 Å². The van der Waals surface area contributed by atoms with Crippen LogP contribution in [0.3, 0.4) is 0 Å².